The second kappa shape index (κ2) is 26.2. The molecule has 25 heavy (non-hydrogen) atoms. The summed E-state index contributed by atoms with van der Waals surface area (Å²) in [5.74, 6) is 0. The Labute approximate surface area is 225 Å². The summed E-state index contributed by atoms with van der Waals surface area (Å²) in [6.45, 7) is 0. The number of rotatable bonds is 0. The summed E-state index contributed by atoms with van der Waals surface area (Å²) >= 11 is -11.5. The molecule has 0 heterocycles. The third-order valence-corrected chi connectivity index (χ3v) is 0. The van der Waals surface area contributed by atoms with Crippen molar-refractivity contribution in [1.29, 1.82) is 0 Å². The molecule has 0 radical (unpaired) electrons. The Hall–Kier alpha value is 4.16. The molecule has 0 aromatic rings. The molecule has 0 N–H and O–H groups in total. The minimum absolute atomic E-state index is 0. The van der Waals surface area contributed by atoms with Gasteiger partial charge in [0.15, 0.2) is 0 Å². The van der Waals surface area contributed by atoms with Gasteiger partial charge in [0.1, 0.15) is 0 Å². The van der Waals surface area contributed by atoms with Gasteiger partial charge in [-0.1, -0.05) is 0 Å². The summed E-state index contributed by atoms with van der Waals surface area (Å²) in [6, 6.07) is 0. The standard InChI is InChI=1S/2Cr.5Mg.2H3O4P.8O/c;;;;;;;2*1-5(2,3)4;;;;;;;;/h;;;;;;;2*(H3,1,2,3,4);;;;;;;;/q;;5*+2;;;;;;;4*-1/p-6. The van der Waals surface area contributed by atoms with Crippen molar-refractivity contribution < 1.29 is 97.6 Å². The van der Waals surface area contributed by atoms with Crippen molar-refractivity contribution >= 4 is 131 Å². The molecular weight excluding hydrogens is 543 g/mol. The molecule has 0 unspecified atom stereocenters. The zero-order valence-electron chi connectivity index (χ0n) is 11.8. The van der Waals surface area contributed by atoms with Crippen LogP contribution in [0.5, 0.6) is 0 Å². The molecule has 0 saturated heterocycles. The van der Waals surface area contributed by atoms with E-state index in [1.807, 2.05) is 0 Å². The van der Waals surface area contributed by atoms with Gasteiger partial charge in [0.2, 0.25) is 0 Å². The van der Waals surface area contributed by atoms with E-state index >= 15 is 0 Å². The number of hydrogen-bond donors (Lipinski definition) is 0. The Kier molecular flexibility index (Phi) is 59.6. The van der Waals surface area contributed by atoms with Gasteiger partial charge in [0.25, 0.3) is 0 Å². The van der Waals surface area contributed by atoms with E-state index in [0.29, 0.717) is 0 Å². The average Bonchev–Trinajstić information content (AvgIpc) is 1.62. The first kappa shape index (κ1) is 56.9. The van der Waals surface area contributed by atoms with Crippen molar-refractivity contribution in [3.8, 4) is 0 Å². The third-order valence-electron chi connectivity index (χ3n) is 0. The fraction of sp³-hybridized carbons (Fsp3) is 0. The molecule has 0 aromatic carbocycles. The molecule has 16 nitrogen and oxygen atoms in total. The normalized spacial score (nSPS) is 9.36. The Morgan fingerprint density at radius 3 is 0.440 bits per heavy atom. The van der Waals surface area contributed by atoms with Crippen molar-refractivity contribution in [2.45, 2.75) is 0 Å². The summed E-state index contributed by atoms with van der Waals surface area (Å²) in [4.78, 5) is 51.3. The van der Waals surface area contributed by atoms with Crippen LogP contribution >= 0.6 is 15.6 Å². The quantitative estimate of drug-likeness (QED) is 0.202. The molecular formula is Cr2Mg5O16P2. The fourth-order valence-electron chi connectivity index (χ4n) is 0. The summed E-state index contributed by atoms with van der Waals surface area (Å²) in [7, 11) is -10.8. The Morgan fingerprint density at radius 2 is 0.440 bits per heavy atom. The molecule has 0 bridgehead atoms. The Morgan fingerprint density at radius 1 is 0.440 bits per heavy atom. The van der Waals surface area contributed by atoms with E-state index in [1.165, 1.54) is 0 Å². The van der Waals surface area contributed by atoms with Crippen LogP contribution in [0.4, 0.5) is 0 Å². The van der Waals surface area contributed by atoms with Crippen LogP contribution in [0.1, 0.15) is 0 Å². The molecule has 0 aliphatic carbocycles. The molecule has 128 valence electrons. The van der Waals surface area contributed by atoms with Gasteiger partial charge in [-0.05, 0) is 0 Å². The molecule has 25 heteroatoms. The topological polar surface area (TPSA) is 333 Å². The predicted molar refractivity (Wildman–Crippen MR) is 46.7 cm³/mol. The maximum absolute atomic E-state index is 8.59. The van der Waals surface area contributed by atoms with E-state index in [9.17, 15) is 0 Å². The van der Waals surface area contributed by atoms with E-state index in [2.05, 4.69) is 0 Å². The molecule has 0 rings (SSSR count). The van der Waals surface area contributed by atoms with E-state index in [4.69, 9.17) is 70.3 Å². The van der Waals surface area contributed by atoms with Crippen LogP contribution in [0.3, 0.4) is 0 Å². The molecule has 0 atom stereocenters. The zero-order valence-corrected chi connectivity index (χ0v) is 23.2. The van der Waals surface area contributed by atoms with E-state index in [0.717, 1.165) is 0 Å². The van der Waals surface area contributed by atoms with Crippen molar-refractivity contribution in [1.82, 2.24) is 0 Å². The Balaban J connectivity index is -0.0000000183. The van der Waals surface area contributed by atoms with Crippen LogP contribution in [0, 0.1) is 0 Å². The van der Waals surface area contributed by atoms with Gasteiger partial charge in [-0.15, -0.1) is 0 Å². The molecule has 0 fully saturated rings. The average molecular weight is 543 g/mol. The summed E-state index contributed by atoms with van der Waals surface area (Å²) in [5.41, 5.74) is 0. The van der Waals surface area contributed by atoms with Gasteiger partial charge in [-0.3, -0.25) is 0 Å². The number of hydrogen-bond acceptors (Lipinski definition) is 16. The monoisotopic (exact) mass is 542 g/mol. The van der Waals surface area contributed by atoms with Gasteiger partial charge in [0, 0.05) is 0 Å². The molecule has 0 aliphatic rings. The summed E-state index contributed by atoms with van der Waals surface area (Å²) < 4.78 is 85.8. The van der Waals surface area contributed by atoms with Crippen LogP contribution in [0.15, 0.2) is 0 Å². The van der Waals surface area contributed by atoms with Crippen LogP contribution < -0.4 is 46.0 Å². The molecule has 0 aliphatic heterocycles. The fourth-order valence-corrected chi connectivity index (χ4v) is 0. The molecule has 0 amide bonds. The second-order valence-corrected chi connectivity index (χ2v) is 6.05. The van der Waals surface area contributed by atoms with Crippen molar-refractivity contribution in [2.75, 3.05) is 0 Å². The first-order valence-corrected chi connectivity index (χ1v) is 9.88. The van der Waals surface area contributed by atoms with Gasteiger partial charge in [-0.25, -0.2) is 0 Å². The van der Waals surface area contributed by atoms with Crippen molar-refractivity contribution in [3.05, 3.63) is 0 Å². The molecule has 0 saturated carbocycles. The minimum atomic E-state index is -5.75. The molecule has 0 spiro atoms. The van der Waals surface area contributed by atoms with Crippen LogP contribution in [-0.2, 0) is 51.6 Å². The Bertz CT molecular complexity index is 442. The summed E-state index contributed by atoms with van der Waals surface area (Å²) in [6.07, 6.45) is 0. The van der Waals surface area contributed by atoms with Crippen molar-refractivity contribution in [3.63, 3.8) is 0 Å². The van der Waals surface area contributed by atoms with Gasteiger partial charge < -0.3 is 38.5 Å². The SMILES string of the molecule is O=P([O-])([O-])[O-].O=P([O-])([O-])[O-].[Mg+2].[Mg+2].[Mg+2].[Mg+2].[Mg+2].[O]=[Cr](=[O])([O-])[O-].[O]=[Cr](=[O])([O-])[O-]. The van der Waals surface area contributed by atoms with Crippen LogP contribution in [-0.4, -0.2) is 115 Å². The van der Waals surface area contributed by atoms with E-state index in [1.54, 1.807) is 0 Å². The zero-order chi connectivity index (χ0) is 18.0. The van der Waals surface area contributed by atoms with Gasteiger partial charge in [0.05, 0.1) is 0 Å². The second-order valence-electron chi connectivity index (χ2n) is 1.71. The number of phosphoric acid groups is 2. The predicted octanol–water partition coefficient (Wildman–Crippen LogP) is -12.8. The maximum atomic E-state index is 8.59. The first-order chi connectivity index (χ1) is 8.00. The molecule has 0 aromatic heterocycles. The van der Waals surface area contributed by atoms with E-state index < -0.39 is 42.9 Å². The van der Waals surface area contributed by atoms with Crippen molar-refractivity contribution in [2.24, 2.45) is 0 Å². The third kappa shape index (κ3) is 1120. The summed E-state index contributed by atoms with van der Waals surface area (Å²) in [5, 5.41) is 0. The van der Waals surface area contributed by atoms with Gasteiger partial charge >= 0.3 is 174 Å². The van der Waals surface area contributed by atoms with Crippen LogP contribution in [0.2, 0.25) is 0 Å². The van der Waals surface area contributed by atoms with Crippen LogP contribution in [0.25, 0.3) is 0 Å². The van der Waals surface area contributed by atoms with E-state index in [-0.39, 0.29) is 115 Å². The first-order valence-electron chi connectivity index (χ1n) is 2.79. The van der Waals surface area contributed by atoms with Gasteiger partial charge in [-0.2, -0.15) is 15.6 Å².